The zero-order valence-electron chi connectivity index (χ0n) is 38.3. The van der Waals surface area contributed by atoms with Gasteiger partial charge in [-0.2, -0.15) is 0 Å². The Bertz CT molecular complexity index is 2450. The Morgan fingerprint density at radius 2 is 1.47 bits per heavy atom. The van der Waals surface area contributed by atoms with E-state index in [1.54, 1.807) is 0 Å². The zero-order valence-corrected chi connectivity index (χ0v) is 41.6. The van der Waals surface area contributed by atoms with Crippen LogP contribution >= 0.6 is 11.3 Å². The van der Waals surface area contributed by atoms with Gasteiger partial charge in [0.15, 0.2) is 5.78 Å². The molecule has 3 heterocycles. The van der Waals surface area contributed by atoms with Crippen molar-refractivity contribution in [1.82, 2.24) is 9.55 Å². The molecule has 7 rings (SSSR count). The van der Waals surface area contributed by atoms with Crippen molar-refractivity contribution in [2.75, 3.05) is 0 Å². The largest absolute Gasteiger partial charge is 0.512 e. The van der Waals surface area contributed by atoms with Gasteiger partial charge in [-0.05, 0) is 89.0 Å². The third kappa shape index (κ3) is 9.80. The summed E-state index contributed by atoms with van der Waals surface area (Å²) in [5.74, 6) is 2.37. The molecule has 2 aromatic heterocycles. The Morgan fingerprint density at radius 3 is 2.03 bits per heavy atom. The zero-order chi connectivity index (χ0) is 42.9. The van der Waals surface area contributed by atoms with E-state index in [-0.39, 0.29) is 55.6 Å². The number of allylic oxidation sites excluding steroid dienone is 2. The summed E-state index contributed by atoms with van der Waals surface area (Å²) in [6.45, 7) is 28.8. The van der Waals surface area contributed by atoms with Gasteiger partial charge in [0.2, 0.25) is 0 Å². The van der Waals surface area contributed by atoms with Gasteiger partial charge in [0, 0.05) is 70.3 Å². The summed E-state index contributed by atoms with van der Waals surface area (Å²) >= 11 is 1.92. The van der Waals surface area contributed by atoms with Crippen molar-refractivity contribution in [3.8, 4) is 17.1 Å². The molecule has 0 aliphatic carbocycles. The van der Waals surface area contributed by atoms with Crippen LogP contribution in [0.25, 0.3) is 37.2 Å². The molecule has 0 bridgehead atoms. The number of aliphatic hydroxyl groups is 1. The maximum Gasteiger partial charge on any atom is 0.266 e. The van der Waals surface area contributed by atoms with E-state index in [0.717, 1.165) is 49.1 Å². The van der Waals surface area contributed by atoms with Gasteiger partial charge in [0.05, 0.1) is 11.6 Å². The Hall–Kier alpha value is -3.77. The first-order chi connectivity index (χ1) is 28.0. The molecule has 1 N–H and O–H groups in total. The SMILES string of the molecule is CCC(CC)C(=O)/C=C(\O)C(CC)CC.Cc1[c-]c(-c2ncc3n2-c2cc4sc5cc(CC(C)(C)C)ccc5c4cc2B3c2c(C(C)C)cccc2C(C)C)cc(C)c1.[Ir]. The fourth-order valence-electron chi connectivity index (χ4n) is 9.23. The van der Waals surface area contributed by atoms with Crippen LogP contribution in [0.3, 0.4) is 0 Å². The molecule has 319 valence electrons. The number of ketones is 1. The molecule has 0 saturated carbocycles. The Balaban J connectivity index is 0.000000367. The van der Waals surface area contributed by atoms with Crippen molar-refractivity contribution in [3.63, 3.8) is 0 Å². The van der Waals surface area contributed by atoms with E-state index in [9.17, 15) is 9.90 Å². The van der Waals surface area contributed by atoms with Crippen molar-refractivity contribution in [2.45, 2.75) is 134 Å². The van der Waals surface area contributed by atoms with Crippen LogP contribution in [-0.4, -0.2) is 27.2 Å². The molecule has 0 spiro atoms. The van der Waals surface area contributed by atoms with E-state index in [4.69, 9.17) is 4.98 Å². The molecule has 1 radical (unpaired) electrons. The van der Waals surface area contributed by atoms with Crippen LogP contribution in [0.2, 0.25) is 0 Å². The van der Waals surface area contributed by atoms with Gasteiger partial charge in [-0.15, -0.1) is 46.2 Å². The van der Waals surface area contributed by atoms with Crippen molar-refractivity contribution in [1.29, 1.82) is 0 Å². The third-order valence-electron chi connectivity index (χ3n) is 12.2. The van der Waals surface area contributed by atoms with Crippen LogP contribution in [0.5, 0.6) is 0 Å². The first-order valence-electron chi connectivity index (χ1n) is 22.1. The molecule has 0 amide bonds. The van der Waals surface area contributed by atoms with Gasteiger partial charge in [0.1, 0.15) is 0 Å². The number of aryl methyl sites for hydroxylation is 2. The molecule has 6 aromatic rings. The summed E-state index contributed by atoms with van der Waals surface area (Å²) < 4.78 is 5.16. The van der Waals surface area contributed by atoms with Crippen molar-refractivity contribution in [3.05, 3.63) is 113 Å². The molecule has 4 nitrogen and oxygen atoms in total. The quantitative estimate of drug-likeness (QED) is 0.0574. The van der Waals surface area contributed by atoms with E-state index in [0.29, 0.717) is 11.8 Å². The average Bonchev–Trinajstić information content (AvgIpc) is 3.84. The predicted molar refractivity (Wildman–Crippen MR) is 256 cm³/mol. The Kier molecular flexibility index (Phi) is 15.4. The number of aromatic nitrogens is 2. The summed E-state index contributed by atoms with van der Waals surface area (Å²) in [6.07, 6.45) is 8.12. The van der Waals surface area contributed by atoms with Gasteiger partial charge in [-0.3, -0.25) is 9.78 Å². The smallest absolute Gasteiger partial charge is 0.266 e. The summed E-state index contributed by atoms with van der Waals surface area (Å²) in [6, 6.07) is 27.1. The number of carbonyl (C=O) groups is 1. The summed E-state index contributed by atoms with van der Waals surface area (Å²) in [5.41, 5.74) is 13.3. The summed E-state index contributed by atoms with van der Waals surface area (Å²) in [4.78, 5) is 16.8. The number of nitrogens with zero attached hydrogens (tertiary/aromatic N) is 2. The molecular weight excluding hydrogens is 932 g/mol. The predicted octanol–water partition coefficient (Wildman–Crippen LogP) is 12.9. The number of thiophene rings is 1. The van der Waals surface area contributed by atoms with Gasteiger partial charge >= 0.3 is 0 Å². The fourth-order valence-corrected chi connectivity index (χ4v) is 10.4. The number of carbonyl (C=O) groups excluding carboxylic acids is 1. The van der Waals surface area contributed by atoms with E-state index in [2.05, 4.69) is 140 Å². The molecule has 60 heavy (non-hydrogen) atoms. The van der Waals surface area contributed by atoms with Gasteiger partial charge in [0.25, 0.3) is 6.71 Å². The first-order valence-corrected chi connectivity index (χ1v) is 23.0. The topological polar surface area (TPSA) is 55.1 Å². The van der Waals surface area contributed by atoms with Crippen molar-refractivity contribution >= 4 is 60.5 Å². The Morgan fingerprint density at radius 1 is 0.850 bits per heavy atom. The number of aliphatic hydroxyl groups excluding tert-OH is 1. The standard InChI is InChI=1S/C40H42BN2S.C13H24O2.Ir/c1-23(2)29-11-10-12-30(24(3)4)38(29)41-33-19-32-31-14-13-27(21-40(7,8)9)18-35(31)44-36(32)20-34(33)43-37(41)22-42-39(43)28-16-25(5)15-26(6)17-28;1-5-10(6-2)12(14)9-13(15)11(7-3)8-4;/h10-16,18-20,22-24H,21H2,1-9H3;9-11,14H,5-8H2,1-4H3;/q-1;;/b;12-9-;. The minimum Gasteiger partial charge on any atom is -0.512 e. The number of fused-ring (bicyclic) bond motifs is 6. The van der Waals surface area contributed by atoms with Crippen molar-refractivity contribution < 1.29 is 30.0 Å². The molecule has 7 heteroatoms. The second-order valence-electron chi connectivity index (χ2n) is 18.8. The van der Waals surface area contributed by atoms with Gasteiger partial charge in [-0.25, -0.2) is 0 Å². The minimum absolute atomic E-state index is 0. The molecule has 0 atom stereocenters. The van der Waals surface area contributed by atoms with Crippen molar-refractivity contribution in [2.24, 2.45) is 17.3 Å². The fraction of sp³-hybridized carbons (Fsp3) is 0.434. The normalized spacial score (nSPS) is 12.8. The second kappa shape index (κ2) is 19.5. The maximum atomic E-state index is 11.7. The number of hydrogen-bond acceptors (Lipinski definition) is 4. The van der Waals surface area contributed by atoms with E-state index in [1.165, 1.54) is 70.7 Å². The summed E-state index contributed by atoms with van der Waals surface area (Å²) in [5, 5.41) is 12.5. The molecule has 0 saturated heterocycles. The number of benzene rings is 4. The van der Waals surface area contributed by atoms with Crippen LogP contribution in [0, 0.1) is 37.2 Å². The van der Waals surface area contributed by atoms with Crippen LogP contribution < -0.4 is 16.5 Å². The molecule has 0 fully saturated rings. The van der Waals surface area contributed by atoms with E-state index in [1.807, 2.05) is 39.0 Å². The monoisotopic (exact) mass is 998 g/mol. The van der Waals surface area contributed by atoms with Crippen LogP contribution in [0.4, 0.5) is 0 Å². The third-order valence-corrected chi connectivity index (χ3v) is 13.3. The maximum absolute atomic E-state index is 11.7. The number of imidazole rings is 1. The molecular formula is C53H66BIrN2O2S-. The minimum atomic E-state index is 0. The van der Waals surface area contributed by atoms with Gasteiger partial charge in [-0.1, -0.05) is 132 Å². The van der Waals surface area contributed by atoms with Gasteiger partial charge < -0.3 is 9.67 Å². The van der Waals surface area contributed by atoms with Crippen LogP contribution in [-0.2, 0) is 31.3 Å². The first kappa shape index (κ1) is 47.3. The number of rotatable bonds is 12. The molecule has 1 aliphatic rings. The average molecular weight is 998 g/mol. The van der Waals surface area contributed by atoms with Crippen LogP contribution in [0.1, 0.15) is 141 Å². The van der Waals surface area contributed by atoms with Crippen LogP contribution in [0.15, 0.2) is 78.7 Å². The second-order valence-corrected chi connectivity index (χ2v) is 19.8. The van der Waals surface area contributed by atoms with E-state index < -0.39 is 0 Å². The number of hydrogen-bond donors (Lipinski definition) is 1. The molecule has 0 unspecified atom stereocenters. The molecule has 1 aliphatic heterocycles. The molecule has 4 aromatic carbocycles. The van der Waals surface area contributed by atoms with E-state index >= 15 is 0 Å². The summed E-state index contributed by atoms with van der Waals surface area (Å²) in [7, 11) is 0. The Labute approximate surface area is 378 Å².